The van der Waals surface area contributed by atoms with E-state index >= 15 is 0 Å². The fourth-order valence-corrected chi connectivity index (χ4v) is 3.97. The van der Waals surface area contributed by atoms with Crippen LogP contribution in [0.1, 0.15) is 41.8 Å². The molecule has 118 valence electrons. The second kappa shape index (κ2) is 7.82. The molecule has 1 saturated heterocycles. The van der Waals surface area contributed by atoms with Gasteiger partial charge in [-0.1, -0.05) is 11.6 Å². The van der Waals surface area contributed by atoms with Crippen molar-refractivity contribution in [3.8, 4) is 0 Å². The second-order valence-corrected chi connectivity index (χ2v) is 7.67. The van der Waals surface area contributed by atoms with Gasteiger partial charge < -0.3 is 10.6 Å². The highest BCUT2D eigenvalue weighted by atomic mass is 35.5. The van der Waals surface area contributed by atoms with E-state index in [1.165, 1.54) is 37.0 Å². The van der Waals surface area contributed by atoms with Crippen molar-refractivity contribution in [2.75, 3.05) is 13.1 Å². The third kappa shape index (κ3) is 4.85. The van der Waals surface area contributed by atoms with Gasteiger partial charge in [-0.3, -0.25) is 4.79 Å². The Kier molecular flexibility index (Phi) is 6.35. The Morgan fingerprint density at radius 3 is 2.62 bits per heavy atom. The Balaban J connectivity index is 0.00000161. The van der Waals surface area contributed by atoms with Crippen LogP contribution in [0.25, 0.3) is 0 Å². The standard InChI is InChI=1S/C15H21ClN2OS.ClH/c16-14-4-3-13(20-14)15(19)18-12(11-1-2-11)9-10-5-7-17-8-6-10;/h3-4,10-12,17H,1-2,5-9H2,(H,18,19);1H/t12-;/m0./s1. The molecule has 1 aliphatic carbocycles. The highest BCUT2D eigenvalue weighted by molar-refractivity contribution is 7.17. The van der Waals surface area contributed by atoms with Crippen LogP contribution in [0.4, 0.5) is 0 Å². The van der Waals surface area contributed by atoms with Gasteiger partial charge in [-0.15, -0.1) is 23.7 Å². The summed E-state index contributed by atoms with van der Waals surface area (Å²) in [6.45, 7) is 2.24. The van der Waals surface area contributed by atoms with E-state index in [-0.39, 0.29) is 18.3 Å². The SMILES string of the molecule is Cl.O=C(N[C@@H](CC1CCNCC1)C1CC1)c1ccc(Cl)s1. The molecule has 1 saturated carbocycles. The summed E-state index contributed by atoms with van der Waals surface area (Å²) in [6, 6.07) is 3.96. The van der Waals surface area contributed by atoms with E-state index in [4.69, 9.17) is 11.6 Å². The predicted octanol–water partition coefficient (Wildman–Crippen LogP) is 3.72. The van der Waals surface area contributed by atoms with E-state index in [1.54, 1.807) is 6.07 Å². The zero-order chi connectivity index (χ0) is 13.9. The summed E-state index contributed by atoms with van der Waals surface area (Å²) < 4.78 is 0.677. The molecule has 0 spiro atoms. The van der Waals surface area contributed by atoms with Gasteiger partial charge in [0.2, 0.25) is 0 Å². The molecular formula is C15H22Cl2N2OS. The summed E-state index contributed by atoms with van der Waals surface area (Å²) in [5, 5.41) is 6.65. The third-order valence-corrected chi connectivity index (χ3v) is 5.58. The Morgan fingerprint density at radius 2 is 2.05 bits per heavy atom. The summed E-state index contributed by atoms with van der Waals surface area (Å²) in [5.74, 6) is 1.51. The number of carbonyl (C=O) groups excluding carboxylic acids is 1. The average molecular weight is 349 g/mol. The Labute approximate surface area is 141 Å². The van der Waals surface area contributed by atoms with Crippen LogP contribution in [0.15, 0.2) is 12.1 Å². The lowest BCUT2D eigenvalue weighted by Crippen LogP contribution is -2.39. The number of nitrogens with one attached hydrogen (secondary N) is 2. The maximum absolute atomic E-state index is 12.3. The van der Waals surface area contributed by atoms with Crippen molar-refractivity contribution in [3.05, 3.63) is 21.3 Å². The third-order valence-electron chi connectivity index (χ3n) is 4.35. The largest absolute Gasteiger partial charge is 0.348 e. The van der Waals surface area contributed by atoms with Crippen LogP contribution in [0.5, 0.6) is 0 Å². The molecule has 6 heteroatoms. The molecule has 2 heterocycles. The minimum atomic E-state index is 0. The van der Waals surface area contributed by atoms with Crippen molar-refractivity contribution in [2.24, 2.45) is 11.8 Å². The minimum absolute atomic E-state index is 0. The summed E-state index contributed by atoms with van der Waals surface area (Å²) in [7, 11) is 0. The predicted molar refractivity (Wildman–Crippen MR) is 90.8 cm³/mol. The molecule has 2 aliphatic rings. The zero-order valence-corrected chi connectivity index (χ0v) is 14.3. The summed E-state index contributed by atoms with van der Waals surface area (Å²) in [6.07, 6.45) is 6.15. The first-order valence-electron chi connectivity index (χ1n) is 7.49. The Morgan fingerprint density at radius 1 is 1.33 bits per heavy atom. The van der Waals surface area contributed by atoms with Crippen molar-refractivity contribution in [1.29, 1.82) is 0 Å². The minimum Gasteiger partial charge on any atom is -0.348 e. The van der Waals surface area contributed by atoms with E-state index in [0.717, 1.165) is 30.3 Å². The monoisotopic (exact) mass is 348 g/mol. The summed E-state index contributed by atoms with van der Waals surface area (Å²) in [5.41, 5.74) is 0. The normalized spacial score (nSPS) is 20.6. The maximum Gasteiger partial charge on any atom is 0.261 e. The van der Waals surface area contributed by atoms with Crippen molar-refractivity contribution in [2.45, 2.75) is 38.1 Å². The van der Waals surface area contributed by atoms with Crippen LogP contribution in [-0.4, -0.2) is 25.0 Å². The molecule has 2 fully saturated rings. The van der Waals surface area contributed by atoms with Gasteiger partial charge in [-0.2, -0.15) is 0 Å². The second-order valence-electron chi connectivity index (χ2n) is 5.95. The van der Waals surface area contributed by atoms with Gasteiger partial charge in [-0.05, 0) is 69.2 Å². The lowest BCUT2D eigenvalue weighted by molar-refractivity contribution is 0.0927. The molecule has 3 rings (SSSR count). The molecule has 0 bridgehead atoms. The van der Waals surface area contributed by atoms with Crippen LogP contribution in [-0.2, 0) is 0 Å². The van der Waals surface area contributed by atoms with Gasteiger partial charge in [0.15, 0.2) is 0 Å². The molecule has 1 aromatic heterocycles. The van der Waals surface area contributed by atoms with Gasteiger partial charge in [-0.25, -0.2) is 0 Å². The Bertz CT molecular complexity index is 470. The highest BCUT2D eigenvalue weighted by Gasteiger charge is 2.34. The number of amides is 1. The highest BCUT2D eigenvalue weighted by Crippen LogP contribution is 2.36. The summed E-state index contributed by atoms with van der Waals surface area (Å²) >= 11 is 7.26. The number of hydrogen-bond acceptors (Lipinski definition) is 3. The van der Waals surface area contributed by atoms with Crippen LogP contribution >= 0.6 is 35.3 Å². The van der Waals surface area contributed by atoms with E-state index in [2.05, 4.69) is 10.6 Å². The number of carbonyl (C=O) groups is 1. The van der Waals surface area contributed by atoms with Gasteiger partial charge in [0.05, 0.1) is 9.21 Å². The molecule has 1 aliphatic heterocycles. The number of halogens is 2. The lowest BCUT2D eigenvalue weighted by Gasteiger charge is -2.27. The molecule has 1 atom stereocenters. The molecule has 3 nitrogen and oxygen atoms in total. The smallest absolute Gasteiger partial charge is 0.261 e. The van der Waals surface area contributed by atoms with Gasteiger partial charge in [0.25, 0.3) is 5.91 Å². The molecule has 2 N–H and O–H groups in total. The Hall–Kier alpha value is -0.290. The van der Waals surface area contributed by atoms with Crippen LogP contribution in [0.3, 0.4) is 0 Å². The van der Waals surface area contributed by atoms with Gasteiger partial charge >= 0.3 is 0 Å². The van der Waals surface area contributed by atoms with Gasteiger partial charge in [0.1, 0.15) is 0 Å². The van der Waals surface area contributed by atoms with E-state index in [1.807, 2.05) is 6.07 Å². The van der Waals surface area contributed by atoms with Crippen LogP contribution < -0.4 is 10.6 Å². The van der Waals surface area contributed by atoms with Crippen molar-refractivity contribution in [1.82, 2.24) is 10.6 Å². The molecule has 21 heavy (non-hydrogen) atoms. The van der Waals surface area contributed by atoms with E-state index in [9.17, 15) is 4.79 Å². The molecule has 0 unspecified atom stereocenters. The first-order chi connectivity index (χ1) is 9.72. The molecule has 1 amide bonds. The number of thiophene rings is 1. The first-order valence-corrected chi connectivity index (χ1v) is 8.69. The van der Waals surface area contributed by atoms with Crippen molar-refractivity contribution in [3.63, 3.8) is 0 Å². The van der Waals surface area contributed by atoms with Gasteiger partial charge in [0, 0.05) is 6.04 Å². The van der Waals surface area contributed by atoms with Crippen molar-refractivity contribution < 1.29 is 4.79 Å². The number of hydrogen-bond donors (Lipinski definition) is 2. The molecular weight excluding hydrogens is 327 g/mol. The maximum atomic E-state index is 12.3. The van der Waals surface area contributed by atoms with E-state index in [0.29, 0.717) is 16.3 Å². The zero-order valence-electron chi connectivity index (χ0n) is 11.9. The van der Waals surface area contributed by atoms with Crippen LogP contribution in [0.2, 0.25) is 4.34 Å². The van der Waals surface area contributed by atoms with Crippen molar-refractivity contribution >= 4 is 41.3 Å². The molecule has 1 aromatic rings. The fourth-order valence-electron chi connectivity index (χ4n) is 3.02. The lowest BCUT2D eigenvalue weighted by atomic mass is 9.89. The topological polar surface area (TPSA) is 41.1 Å². The fraction of sp³-hybridized carbons (Fsp3) is 0.667. The average Bonchev–Trinajstić information content (AvgIpc) is 3.21. The first kappa shape index (κ1) is 17.1. The van der Waals surface area contributed by atoms with Crippen LogP contribution in [0, 0.1) is 11.8 Å². The molecule has 0 aromatic carbocycles. The van der Waals surface area contributed by atoms with E-state index < -0.39 is 0 Å². The summed E-state index contributed by atoms with van der Waals surface area (Å²) in [4.78, 5) is 13.0. The number of rotatable bonds is 5. The quantitative estimate of drug-likeness (QED) is 0.851. The number of piperidine rings is 1. The molecule has 0 radical (unpaired) electrons.